The van der Waals surface area contributed by atoms with E-state index in [0.29, 0.717) is 11.9 Å². The number of hydrogen-bond acceptors (Lipinski definition) is 9. The van der Waals surface area contributed by atoms with Crippen LogP contribution in [0.25, 0.3) is 0 Å². The molecule has 0 spiro atoms. The highest BCUT2D eigenvalue weighted by Gasteiger charge is 2.11. The summed E-state index contributed by atoms with van der Waals surface area (Å²) in [7, 11) is 0. The van der Waals surface area contributed by atoms with E-state index < -0.39 is 0 Å². The van der Waals surface area contributed by atoms with Crippen molar-refractivity contribution in [3.05, 3.63) is 5.82 Å². The predicted octanol–water partition coefficient (Wildman–Crippen LogP) is 1.78. The molecule has 0 radical (unpaired) electrons. The molecule has 1 amide bonds. The Kier molecular flexibility index (Phi) is 4.90. The third-order valence-corrected chi connectivity index (χ3v) is 3.91. The highest BCUT2D eigenvalue weighted by atomic mass is 32.2. The Morgan fingerprint density at radius 2 is 2.25 bits per heavy atom. The van der Waals surface area contributed by atoms with Gasteiger partial charge in [-0.15, -0.1) is 10.2 Å². The lowest BCUT2D eigenvalue weighted by Gasteiger charge is -2.03. The van der Waals surface area contributed by atoms with Crippen molar-refractivity contribution in [2.75, 3.05) is 16.4 Å². The maximum Gasteiger partial charge on any atom is 0.328 e. The molecule has 2 rings (SSSR count). The maximum absolute atomic E-state index is 11.7. The quantitative estimate of drug-likeness (QED) is 0.777. The zero-order valence-electron chi connectivity index (χ0n) is 11.2. The minimum absolute atomic E-state index is 0.104. The molecular weight excluding hydrogens is 300 g/mol. The first-order valence-corrected chi connectivity index (χ1v) is 7.66. The Labute approximate surface area is 123 Å². The average Bonchev–Trinajstić information content (AvgIpc) is 2.96. The van der Waals surface area contributed by atoms with Crippen LogP contribution in [0.5, 0.6) is 0 Å². The molecule has 0 saturated carbocycles. The van der Waals surface area contributed by atoms with Crippen LogP contribution in [-0.2, 0) is 4.79 Å². The lowest BCUT2D eigenvalue weighted by Crippen LogP contribution is -2.14. The summed E-state index contributed by atoms with van der Waals surface area (Å²) >= 11 is 2.72. The van der Waals surface area contributed by atoms with Gasteiger partial charge in [0.2, 0.25) is 11.0 Å². The number of nitrogens with zero attached hydrogens (tertiary/aromatic N) is 4. The van der Waals surface area contributed by atoms with Crippen LogP contribution in [0.4, 0.5) is 11.1 Å². The highest BCUT2D eigenvalue weighted by molar-refractivity contribution is 8.01. The van der Waals surface area contributed by atoms with Crippen LogP contribution in [0, 0.1) is 6.92 Å². The molecule has 8 nitrogen and oxygen atoms in total. The first-order valence-electron chi connectivity index (χ1n) is 5.86. The van der Waals surface area contributed by atoms with E-state index in [0.717, 1.165) is 9.47 Å². The number of carbonyl (C=O) groups excluding carboxylic acids is 1. The normalized spacial score (nSPS) is 10.8. The van der Waals surface area contributed by atoms with Crippen molar-refractivity contribution >= 4 is 40.2 Å². The monoisotopic (exact) mass is 314 g/mol. The van der Waals surface area contributed by atoms with Crippen molar-refractivity contribution in [2.24, 2.45) is 0 Å². The van der Waals surface area contributed by atoms with Gasteiger partial charge in [0.1, 0.15) is 0 Å². The van der Waals surface area contributed by atoms with Crippen molar-refractivity contribution in [3.8, 4) is 0 Å². The van der Waals surface area contributed by atoms with Gasteiger partial charge in [-0.25, -0.2) is 0 Å². The molecule has 20 heavy (non-hydrogen) atoms. The van der Waals surface area contributed by atoms with Gasteiger partial charge in [0.05, 0.1) is 5.75 Å². The van der Waals surface area contributed by atoms with Gasteiger partial charge in [0, 0.05) is 6.04 Å². The first kappa shape index (κ1) is 14.7. The fraction of sp³-hybridized carbons (Fsp3) is 0.500. The van der Waals surface area contributed by atoms with Crippen molar-refractivity contribution in [2.45, 2.75) is 31.2 Å². The molecular formula is C10H14N6O2S2. The van der Waals surface area contributed by atoms with Gasteiger partial charge in [0.25, 0.3) is 0 Å². The van der Waals surface area contributed by atoms with Crippen LogP contribution >= 0.6 is 23.1 Å². The summed E-state index contributed by atoms with van der Waals surface area (Å²) in [5.41, 5.74) is 0. The summed E-state index contributed by atoms with van der Waals surface area (Å²) in [5, 5.41) is 18.0. The van der Waals surface area contributed by atoms with Crippen LogP contribution in [0.2, 0.25) is 0 Å². The fourth-order valence-corrected chi connectivity index (χ4v) is 2.90. The Morgan fingerprint density at radius 1 is 1.45 bits per heavy atom. The third-order valence-electron chi connectivity index (χ3n) is 1.92. The SMILES string of the molecule is Cc1noc(NC(=O)CSc2nnc(NC(C)C)s2)n1. The molecule has 0 bridgehead atoms. The number of aryl methyl sites for hydroxylation is 1. The Morgan fingerprint density at radius 3 is 2.90 bits per heavy atom. The summed E-state index contributed by atoms with van der Waals surface area (Å²) in [5.74, 6) is 0.450. The highest BCUT2D eigenvalue weighted by Crippen LogP contribution is 2.25. The van der Waals surface area contributed by atoms with Crippen molar-refractivity contribution in [1.82, 2.24) is 20.3 Å². The summed E-state index contributed by atoms with van der Waals surface area (Å²) < 4.78 is 5.52. The van der Waals surface area contributed by atoms with E-state index in [2.05, 4.69) is 31.0 Å². The van der Waals surface area contributed by atoms with Gasteiger partial charge in [-0.05, 0) is 20.8 Å². The van der Waals surface area contributed by atoms with Crippen LogP contribution in [0.3, 0.4) is 0 Å². The van der Waals surface area contributed by atoms with Crippen LogP contribution < -0.4 is 10.6 Å². The zero-order chi connectivity index (χ0) is 14.5. The minimum Gasteiger partial charge on any atom is -0.358 e. The molecule has 0 unspecified atom stereocenters. The van der Waals surface area contributed by atoms with E-state index in [1.807, 2.05) is 13.8 Å². The van der Waals surface area contributed by atoms with E-state index >= 15 is 0 Å². The first-order chi connectivity index (χ1) is 9.52. The molecule has 0 saturated heterocycles. The van der Waals surface area contributed by atoms with Gasteiger partial charge in [0.15, 0.2) is 10.2 Å². The second-order valence-corrected chi connectivity index (χ2v) is 6.36. The molecule has 2 heterocycles. The van der Waals surface area contributed by atoms with E-state index in [1.54, 1.807) is 6.92 Å². The van der Waals surface area contributed by atoms with Crippen molar-refractivity contribution in [1.29, 1.82) is 0 Å². The maximum atomic E-state index is 11.7. The standard InChI is InChI=1S/C10H14N6O2S2/c1-5(2)11-9-14-15-10(20-9)19-4-7(17)13-8-12-6(3)16-18-8/h5H,4H2,1-3H3,(H,11,14)(H,12,13,16,17). The number of carbonyl (C=O) groups is 1. The molecule has 0 fully saturated rings. The van der Waals surface area contributed by atoms with Gasteiger partial charge >= 0.3 is 6.01 Å². The van der Waals surface area contributed by atoms with Crippen LogP contribution in [0.15, 0.2) is 8.86 Å². The van der Waals surface area contributed by atoms with E-state index in [4.69, 9.17) is 4.52 Å². The van der Waals surface area contributed by atoms with Crippen LogP contribution in [0.1, 0.15) is 19.7 Å². The third kappa shape index (κ3) is 4.46. The minimum atomic E-state index is -0.229. The fourth-order valence-electron chi connectivity index (χ4n) is 1.20. The Hall–Kier alpha value is -1.68. The summed E-state index contributed by atoms with van der Waals surface area (Å²) in [6.45, 7) is 5.72. The smallest absolute Gasteiger partial charge is 0.328 e. The van der Waals surface area contributed by atoms with Gasteiger partial charge in [-0.3, -0.25) is 10.1 Å². The predicted molar refractivity (Wildman–Crippen MR) is 77.1 cm³/mol. The van der Waals surface area contributed by atoms with Crippen LogP contribution in [-0.4, -0.2) is 38.0 Å². The lowest BCUT2D eigenvalue weighted by atomic mass is 10.4. The van der Waals surface area contributed by atoms with Crippen molar-refractivity contribution in [3.63, 3.8) is 0 Å². The van der Waals surface area contributed by atoms with E-state index in [-0.39, 0.29) is 17.7 Å². The van der Waals surface area contributed by atoms with E-state index in [9.17, 15) is 4.79 Å². The van der Waals surface area contributed by atoms with Crippen molar-refractivity contribution < 1.29 is 9.32 Å². The summed E-state index contributed by atoms with van der Waals surface area (Å²) in [6.07, 6.45) is 0. The van der Waals surface area contributed by atoms with Gasteiger partial charge < -0.3 is 9.84 Å². The second-order valence-electron chi connectivity index (χ2n) is 4.16. The largest absolute Gasteiger partial charge is 0.358 e. The molecule has 2 aromatic heterocycles. The number of nitrogens with one attached hydrogen (secondary N) is 2. The van der Waals surface area contributed by atoms with Gasteiger partial charge in [-0.1, -0.05) is 28.3 Å². The number of rotatable bonds is 6. The molecule has 2 N–H and O–H groups in total. The lowest BCUT2D eigenvalue weighted by molar-refractivity contribution is -0.114. The number of anilines is 2. The number of thioether (sulfide) groups is 1. The molecule has 0 aliphatic heterocycles. The summed E-state index contributed by atoms with van der Waals surface area (Å²) in [6, 6.07) is 0.400. The summed E-state index contributed by atoms with van der Waals surface area (Å²) in [4.78, 5) is 15.5. The number of amides is 1. The molecule has 108 valence electrons. The number of hydrogen-bond donors (Lipinski definition) is 2. The molecule has 0 atom stereocenters. The topological polar surface area (TPSA) is 106 Å². The Balaban J connectivity index is 1.79. The zero-order valence-corrected chi connectivity index (χ0v) is 12.8. The molecule has 10 heteroatoms. The molecule has 0 aliphatic rings. The molecule has 0 aromatic carbocycles. The van der Waals surface area contributed by atoms with Gasteiger partial charge in [-0.2, -0.15) is 4.98 Å². The van der Waals surface area contributed by atoms with E-state index in [1.165, 1.54) is 23.1 Å². The molecule has 0 aliphatic carbocycles. The number of aromatic nitrogens is 4. The Bertz CT molecular complexity index is 582. The average molecular weight is 314 g/mol. The molecule has 2 aromatic rings. The second kappa shape index (κ2) is 6.66.